The van der Waals surface area contributed by atoms with E-state index in [1.165, 1.54) is 24.0 Å². The van der Waals surface area contributed by atoms with Gasteiger partial charge in [0.15, 0.2) is 0 Å². The van der Waals surface area contributed by atoms with Crippen LogP contribution in [-0.4, -0.2) is 37.6 Å². The first-order valence-corrected chi connectivity index (χ1v) is 10.1. The molecular weight excluding hydrogens is 399 g/mol. The third-order valence-corrected chi connectivity index (χ3v) is 7.12. The summed E-state index contributed by atoms with van der Waals surface area (Å²) in [5.74, 6) is 1.63. The highest BCUT2D eigenvalue weighted by atomic mass is 35.5. The van der Waals surface area contributed by atoms with Crippen LogP contribution in [-0.2, 0) is 0 Å². The molecule has 0 aromatic heterocycles. The van der Waals surface area contributed by atoms with E-state index in [1.807, 2.05) is 24.3 Å². The predicted octanol–water partition coefficient (Wildman–Crippen LogP) is 5.60. The first kappa shape index (κ1) is 21.0. The molecule has 2 nitrogen and oxygen atoms in total. The van der Waals surface area contributed by atoms with Gasteiger partial charge in [0.25, 0.3) is 0 Å². The summed E-state index contributed by atoms with van der Waals surface area (Å²) in [5, 5.41) is 5.38. The highest BCUT2D eigenvalue weighted by molar-refractivity contribution is 6.30. The molecule has 2 atom stereocenters. The van der Waals surface area contributed by atoms with Crippen LogP contribution in [0.4, 0.5) is 0 Å². The molecule has 0 amide bonds. The SMILES string of the molecule is CN(C)C12CNCC(C(c3ccc(Cl)cc3)C1)C(c1ccc(Cl)cc1)C2.Cl. The van der Waals surface area contributed by atoms with E-state index in [1.54, 1.807) is 0 Å². The molecule has 3 aliphatic rings. The highest BCUT2D eigenvalue weighted by Crippen LogP contribution is 2.52. The van der Waals surface area contributed by atoms with Crippen LogP contribution in [0.25, 0.3) is 0 Å². The molecule has 1 N–H and O–H groups in total. The van der Waals surface area contributed by atoms with E-state index >= 15 is 0 Å². The van der Waals surface area contributed by atoms with E-state index in [-0.39, 0.29) is 17.9 Å². The van der Waals surface area contributed by atoms with Crippen molar-refractivity contribution in [1.82, 2.24) is 10.2 Å². The smallest absolute Gasteiger partial charge is 0.0406 e. The molecule has 1 saturated carbocycles. The lowest BCUT2D eigenvalue weighted by molar-refractivity contribution is 0.0769. The first-order valence-electron chi connectivity index (χ1n) is 9.38. The average molecular weight is 426 g/mol. The Kier molecular flexibility index (Phi) is 6.45. The van der Waals surface area contributed by atoms with Gasteiger partial charge in [0.2, 0.25) is 0 Å². The topological polar surface area (TPSA) is 15.3 Å². The van der Waals surface area contributed by atoms with Crippen LogP contribution in [0.3, 0.4) is 0 Å². The number of nitrogens with one attached hydrogen (secondary N) is 1. The number of nitrogens with zero attached hydrogens (tertiary/aromatic N) is 1. The van der Waals surface area contributed by atoms with Crippen molar-refractivity contribution in [2.45, 2.75) is 30.2 Å². The monoisotopic (exact) mass is 424 g/mol. The summed E-state index contributed by atoms with van der Waals surface area (Å²) in [6, 6.07) is 17.0. The number of hydrogen-bond acceptors (Lipinski definition) is 2. The van der Waals surface area contributed by atoms with Crippen molar-refractivity contribution < 1.29 is 0 Å². The molecule has 5 rings (SSSR count). The number of rotatable bonds is 3. The van der Waals surface area contributed by atoms with Crippen LogP contribution in [0.1, 0.15) is 35.8 Å². The van der Waals surface area contributed by atoms with Gasteiger partial charge >= 0.3 is 0 Å². The first-order chi connectivity index (χ1) is 12.5. The van der Waals surface area contributed by atoms with Gasteiger partial charge in [0, 0.05) is 22.1 Å². The van der Waals surface area contributed by atoms with Crippen molar-refractivity contribution in [3.63, 3.8) is 0 Å². The van der Waals surface area contributed by atoms with E-state index in [9.17, 15) is 0 Å². The van der Waals surface area contributed by atoms with Crippen LogP contribution in [0.5, 0.6) is 0 Å². The van der Waals surface area contributed by atoms with Crippen molar-refractivity contribution in [1.29, 1.82) is 0 Å². The molecule has 2 aromatic carbocycles. The Labute approximate surface area is 178 Å². The molecule has 2 bridgehead atoms. The molecular formula is C22H27Cl3N2. The molecule has 2 aromatic rings. The fraction of sp³-hybridized carbons (Fsp3) is 0.455. The van der Waals surface area contributed by atoms with E-state index in [2.05, 4.69) is 48.6 Å². The van der Waals surface area contributed by atoms with Crippen molar-refractivity contribution in [3.8, 4) is 0 Å². The summed E-state index contributed by atoms with van der Waals surface area (Å²) in [6.45, 7) is 2.10. The Bertz CT molecular complexity index is 703. The van der Waals surface area contributed by atoms with Crippen molar-refractivity contribution in [2.75, 3.05) is 27.2 Å². The van der Waals surface area contributed by atoms with Gasteiger partial charge in [0.1, 0.15) is 0 Å². The molecule has 146 valence electrons. The van der Waals surface area contributed by atoms with Gasteiger partial charge in [0.05, 0.1) is 0 Å². The Hall–Kier alpha value is -0.770. The van der Waals surface area contributed by atoms with E-state index < -0.39 is 0 Å². The zero-order valence-electron chi connectivity index (χ0n) is 15.8. The number of hydrogen-bond donors (Lipinski definition) is 1. The van der Waals surface area contributed by atoms with Gasteiger partial charge in [-0.05, 0) is 86.6 Å². The standard InChI is InChI=1S/C22H26Cl2N2.ClH/c1-26(2)22-11-19(15-3-7-17(23)8-4-15)21(13-25-14-22)20(12-22)16-5-9-18(24)10-6-16;/h3-10,19-21,25H,11-14H2,1-2H3;1H. The normalized spacial score (nSPS) is 30.0. The highest BCUT2D eigenvalue weighted by Gasteiger charge is 2.50. The zero-order chi connectivity index (χ0) is 18.3. The summed E-state index contributed by atoms with van der Waals surface area (Å²) < 4.78 is 0. The van der Waals surface area contributed by atoms with Crippen molar-refractivity contribution >= 4 is 35.6 Å². The summed E-state index contributed by atoms with van der Waals surface area (Å²) in [4.78, 5) is 2.44. The lowest BCUT2D eigenvalue weighted by atomic mass is 9.61. The van der Waals surface area contributed by atoms with Crippen molar-refractivity contribution in [3.05, 3.63) is 69.7 Å². The van der Waals surface area contributed by atoms with Crippen molar-refractivity contribution in [2.24, 2.45) is 5.92 Å². The van der Waals surface area contributed by atoms with E-state index in [0.717, 1.165) is 23.1 Å². The largest absolute Gasteiger partial charge is 0.315 e. The maximum Gasteiger partial charge on any atom is 0.0406 e. The molecule has 27 heavy (non-hydrogen) atoms. The third kappa shape index (κ3) is 4.02. The number of fused-ring (bicyclic) bond motifs is 4. The maximum absolute atomic E-state index is 6.15. The summed E-state index contributed by atoms with van der Waals surface area (Å²) in [5.41, 5.74) is 2.99. The molecule has 2 unspecified atom stereocenters. The molecule has 3 fully saturated rings. The summed E-state index contributed by atoms with van der Waals surface area (Å²) in [7, 11) is 4.45. The van der Waals surface area contributed by atoms with Gasteiger partial charge in [-0.15, -0.1) is 12.4 Å². The van der Waals surface area contributed by atoms with E-state index in [4.69, 9.17) is 23.2 Å². The summed E-state index contributed by atoms with van der Waals surface area (Å²) >= 11 is 12.3. The number of likely N-dealkylation sites (N-methyl/N-ethyl adjacent to an activating group) is 1. The van der Waals surface area contributed by atoms with E-state index in [0.29, 0.717) is 17.8 Å². The Morgan fingerprint density at radius 3 is 1.70 bits per heavy atom. The van der Waals surface area contributed by atoms with Gasteiger partial charge in [-0.3, -0.25) is 0 Å². The lowest BCUT2D eigenvalue weighted by Gasteiger charge is -2.49. The molecule has 1 aliphatic carbocycles. The fourth-order valence-electron chi connectivity index (χ4n) is 5.06. The second kappa shape index (κ2) is 8.31. The van der Waals surface area contributed by atoms with Crippen LogP contribution in [0.15, 0.2) is 48.5 Å². The molecule has 5 heteroatoms. The molecule has 0 radical (unpaired) electrons. The zero-order valence-corrected chi connectivity index (χ0v) is 18.1. The third-order valence-electron chi connectivity index (χ3n) is 6.61. The van der Waals surface area contributed by atoms with Crippen LogP contribution in [0, 0.1) is 5.92 Å². The minimum Gasteiger partial charge on any atom is -0.315 e. The van der Waals surface area contributed by atoms with Crippen LogP contribution >= 0.6 is 35.6 Å². The number of halogens is 3. The predicted molar refractivity (Wildman–Crippen MR) is 118 cm³/mol. The van der Waals surface area contributed by atoms with Crippen LogP contribution < -0.4 is 5.32 Å². The fourth-order valence-corrected chi connectivity index (χ4v) is 5.31. The summed E-state index contributed by atoms with van der Waals surface area (Å²) in [6.07, 6.45) is 2.37. The molecule has 2 heterocycles. The molecule has 0 spiro atoms. The number of benzene rings is 2. The second-order valence-corrected chi connectivity index (χ2v) is 9.01. The Morgan fingerprint density at radius 2 is 1.30 bits per heavy atom. The minimum atomic E-state index is 0. The quantitative estimate of drug-likeness (QED) is 0.689. The average Bonchev–Trinajstić information content (AvgIpc) is 2.94. The lowest BCUT2D eigenvalue weighted by Crippen LogP contribution is -2.53. The Balaban J connectivity index is 0.00000210. The second-order valence-electron chi connectivity index (χ2n) is 8.14. The van der Waals surface area contributed by atoms with Gasteiger partial charge in [-0.25, -0.2) is 0 Å². The van der Waals surface area contributed by atoms with Gasteiger partial charge in [-0.1, -0.05) is 47.5 Å². The molecule has 2 saturated heterocycles. The van der Waals surface area contributed by atoms with Gasteiger partial charge in [-0.2, -0.15) is 0 Å². The molecule has 2 aliphatic heterocycles. The van der Waals surface area contributed by atoms with Crippen LogP contribution in [0.2, 0.25) is 10.0 Å². The minimum absolute atomic E-state index is 0. The van der Waals surface area contributed by atoms with Gasteiger partial charge < -0.3 is 10.2 Å². The Morgan fingerprint density at radius 1 is 0.852 bits per heavy atom. The maximum atomic E-state index is 6.15.